The molecule has 5 rings (SSSR count). The van der Waals surface area contributed by atoms with Crippen LogP contribution in [0.1, 0.15) is 38.8 Å². The maximum absolute atomic E-state index is 11.1. The van der Waals surface area contributed by atoms with Crippen molar-refractivity contribution in [3.05, 3.63) is 101 Å². The first-order valence-electron chi connectivity index (χ1n) is 10.1. The number of hydrogen-bond donors (Lipinski definition) is 3. The smallest absolute Gasteiger partial charge is 0.335 e. The van der Waals surface area contributed by atoms with Crippen LogP contribution in [0, 0.1) is 0 Å². The molecular formula is C25H22N2O3. The van der Waals surface area contributed by atoms with Gasteiger partial charge < -0.3 is 20.1 Å². The molecule has 2 heterocycles. The lowest BCUT2D eigenvalue weighted by Crippen LogP contribution is -2.30. The third-order valence-electron chi connectivity index (χ3n) is 5.66. The first-order chi connectivity index (χ1) is 14.7. The van der Waals surface area contributed by atoms with Gasteiger partial charge in [0.15, 0.2) is 0 Å². The number of carboxylic acid groups (broad SMARTS) is 1. The fourth-order valence-electron chi connectivity index (χ4n) is 4.14. The summed E-state index contributed by atoms with van der Waals surface area (Å²) in [5, 5.41) is 13.9. The quantitative estimate of drug-likeness (QED) is 0.456. The maximum atomic E-state index is 11.1. The summed E-state index contributed by atoms with van der Waals surface area (Å²) in [7, 11) is 0. The normalized spacial score (nSPS) is 15.7. The Hall–Kier alpha value is -3.57. The van der Waals surface area contributed by atoms with Crippen LogP contribution in [-0.2, 0) is 13.0 Å². The molecule has 150 valence electrons. The molecule has 1 aliphatic heterocycles. The average Bonchev–Trinajstić information content (AvgIpc) is 3.16. The number of aromatic carboxylic acids is 1. The van der Waals surface area contributed by atoms with Crippen LogP contribution in [-0.4, -0.2) is 22.6 Å². The van der Waals surface area contributed by atoms with Crippen molar-refractivity contribution in [2.24, 2.45) is 0 Å². The lowest BCUT2D eigenvalue weighted by molar-refractivity contribution is 0.0697. The molecule has 0 spiro atoms. The molecule has 0 saturated carbocycles. The molecule has 3 N–H and O–H groups in total. The number of hydrogen-bond acceptors (Lipinski definition) is 3. The lowest BCUT2D eigenvalue weighted by atomic mass is 9.94. The molecule has 0 aliphatic carbocycles. The van der Waals surface area contributed by atoms with Crippen LogP contribution in [0.5, 0.6) is 5.75 Å². The van der Waals surface area contributed by atoms with Crippen LogP contribution in [0.4, 0.5) is 0 Å². The largest absolute Gasteiger partial charge is 0.489 e. The van der Waals surface area contributed by atoms with Gasteiger partial charge in [0, 0.05) is 23.1 Å². The molecule has 3 aromatic carbocycles. The van der Waals surface area contributed by atoms with Crippen molar-refractivity contribution in [2.45, 2.75) is 19.1 Å². The van der Waals surface area contributed by atoms with Gasteiger partial charge in [-0.3, -0.25) is 0 Å². The van der Waals surface area contributed by atoms with Crippen molar-refractivity contribution in [2.75, 3.05) is 6.54 Å². The van der Waals surface area contributed by atoms with Gasteiger partial charge in [0.2, 0.25) is 0 Å². The fourth-order valence-corrected chi connectivity index (χ4v) is 4.14. The van der Waals surface area contributed by atoms with Crippen molar-refractivity contribution in [3.63, 3.8) is 0 Å². The minimum atomic E-state index is -0.910. The standard InChI is InChI=1S/C25H22N2O3/c28-25(29)18-8-6-17(7-9-18)23-24-20(12-13-26-23)21-14-19(10-11-22(21)27-24)30-15-16-4-2-1-3-5-16/h1-11,14,23,26-27H,12-13,15H2,(H,28,29). The van der Waals surface area contributed by atoms with Gasteiger partial charge in [-0.05, 0) is 53.4 Å². The van der Waals surface area contributed by atoms with Gasteiger partial charge in [0.1, 0.15) is 12.4 Å². The van der Waals surface area contributed by atoms with E-state index in [1.807, 2.05) is 36.4 Å². The van der Waals surface area contributed by atoms with Gasteiger partial charge in [0.25, 0.3) is 0 Å². The fraction of sp³-hybridized carbons (Fsp3) is 0.160. The molecule has 0 bridgehead atoms. The second-order valence-electron chi connectivity index (χ2n) is 7.56. The maximum Gasteiger partial charge on any atom is 0.335 e. The van der Waals surface area contributed by atoms with E-state index in [0.29, 0.717) is 12.2 Å². The summed E-state index contributed by atoms with van der Waals surface area (Å²) in [4.78, 5) is 14.7. The topological polar surface area (TPSA) is 74.4 Å². The lowest BCUT2D eigenvalue weighted by Gasteiger charge is -2.25. The van der Waals surface area contributed by atoms with Crippen LogP contribution in [0.3, 0.4) is 0 Å². The summed E-state index contributed by atoms with van der Waals surface area (Å²) >= 11 is 0. The van der Waals surface area contributed by atoms with E-state index in [-0.39, 0.29) is 6.04 Å². The highest BCUT2D eigenvalue weighted by molar-refractivity contribution is 5.88. The zero-order chi connectivity index (χ0) is 20.5. The first kappa shape index (κ1) is 18.5. The van der Waals surface area contributed by atoms with Crippen molar-refractivity contribution in [3.8, 4) is 5.75 Å². The van der Waals surface area contributed by atoms with Gasteiger partial charge in [-0.15, -0.1) is 0 Å². The SMILES string of the molecule is O=C(O)c1ccc(C2NCCc3c2[nH]c2ccc(OCc4ccccc4)cc32)cc1. The number of ether oxygens (including phenoxy) is 1. The second kappa shape index (κ2) is 7.69. The van der Waals surface area contributed by atoms with E-state index >= 15 is 0 Å². The van der Waals surface area contributed by atoms with Crippen molar-refractivity contribution in [1.82, 2.24) is 10.3 Å². The van der Waals surface area contributed by atoms with E-state index in [9.17, 15) is 4.79 Å². The summed E-state index contributed by atoms with van der Waals surface area (Å²) in [6, 6.07) is 23.4. The van der Waals surface area contributed by atoms with E-state index in [0.717, 1.165) is 41.1 Å². The Morgan fingerprint density at radius 3 is 2.60 bits per heavy atom. The Kier molecular flexibility index (Phi) is 4.73. The molecule has 0 radical (unpaired) electrons. The van der Waals surface area contributed by atoms with Gasteiger partial charge in [-0.2, -0.15) is 0 Å². The van der Waals surface area contributed by atoms with Gasteiger partial charge in [0.05, 0.1) is 11.6 Å². The highest BCUT2D eigenvalue weighted by Crippen LogP contribution is 2.35. The summed E-state index contributed by atoms with van der Waals surface area (Å²) in [5.74, 6) is -0.0541. The summed E-state index contributed by atoms with van der Waals surface area (Å²) in [5.41, 5.74) is 6.01. The molecule has 5 nitrogen and oxygen atoms in total. The second-order valence-corrected chi connectivity index (χ2v) is 7.56. The predicted molar refractivity (Wildman–Crippen MR) is 116 cm³/mol. The molecule has 1 atom stereocenters. The molecular weight excluding hydrogens is 376 g/mol. The van der Waals surface area contributed by atoms with Crippen LogP contribution in [0.25, 0.3) is 10.9 Å². The van der Waals surface area contributed by atoms with Crippen LogP contribution >= 0.6 is 0 Å². The number of carbonyl (C=O) groups is 1. The number of aromatic amines is 1. The van der Waals surface area contributed by atoms with E-state index in [1.165, 1.54) is 10.9 Å². The molecule has 0 amide bonds. The van der Waals surface area contributed by atoms with Gasteiger partial charge in [-0.1, -0.05) is 42.5 Å². The Bertz CT molecular complexity index is 1200. The number of nitrogens with one attached hydrogen (secondary N) is 2. The number of rotatable bonds is 5. The van der Waals surface area contributed by atoms with E-state index < -0.39 is 5.97 Å². The Morgan fingerprint density at radius 1 is 1.03 bits per heavy atom. The predicted octanol–water partition coefficient (Wildman–Crippen LogP) is 4.68. The monoisotopic (exact) mass is 398 g/mol. The highest BCUT2D eigenvalue weighted by atomic mass is 16.5. The zero-order valence-corrected chi connectivity index (χ0v) is 16.4. The van der Waals surface area contributed by atoms with E-state index in [2.05, 4.69) is 34.6 Å². The molecule has 1 aliphatic rings. The minimum absolute atomic E-state index is 0.0117. The zero-order valence-electron chi connectivity index (χ0n) is 16.4. The Balaban J connectivity index is 1.45. The Labute approximate surface area is 174 Å². The third-order valence-corrected chi connectivity index (χ3v) is 5.66. The van der Waals surface area contributed by atoms with Gasteiger partial charge in [-0.25, -0.2) is 4.79 Å². The van der Waals surface area contributed by atoms with E-state index in [1.54, 1.807) is 12.1 Å². The molecule has 5 heteroatoms. The average molecular weight is 398 g/mol. The van der Waals surface area contributed by atoms with Crippen LogP contribution in [0.2, 0.25) is 0 Å². The number of fused-ring (bicyclic) bond motifs is 3. The first-order valence-corrected chi connectivity index (χ1v) is 10.1. The molecule has 1 aromatic heterocycles. The van der Waals surface area contributed by atoms with Crippen molar-refractivity contribution in [1.29, 1.82) is 0 Å². The summed E-state index contributed by atoms with van der Waals surface area (Å²) < 4.78 is 6.02. The molecule has 0 fully saturated rings. The molecule has 30 heavy (non-hydrogen) atoms. The van der Waals surface area contributed by atoms with Gasteiger partial charge >= 0.3 is 5.97 Å². The summed E-state index contributed by atoms with van der Waals surface area (Å²) in [6.07, 6.45) is 0.932. The molecule has 1 unspecified atom stereocenters. The number of benzene rings is 3. The number of aromatic nitrogens is 1. The van der Waals surface area contributed by atoms with Crippen molar-refractivity contribution >= 4 is 16.9 Å². The van der Waals surface area contributed by atoms with Crippen LogP contribution < -0.4 is 10.1 Å². The number of carboxylic acids is 1. The molecule has 4 aromatic rings. The minimum Gasteiger partial charge on any atom is -0.489 e. The Morgan fingerprint density at radius 2 is 1.83 bits per heavy atom. The van der Waals surface area contributed by atoms with E-state index in [4.69, 9.17) is 9.84 Å². The van der Waals surface area contributed by atoms with Crippen molar-refractivity contribution < 1.29 is 14.6 Å². The van der Waals surface area contributed by atoms with Crippen LogP contribution in [0.15, 0.2) is 72.8 Å². The molecule has 0 saturated heterocycles. The highest BCUT2D eigenvalue weighted by Gasteiger charge is 2.25. The number of H-pyrrole nitrogens is 1. The third kappa shape index (κ3) is 3.44. The summed E-state index contributed by atoms with van der Waals surface area (Å²) in [6.45, 7) is 1.40.